The highest BCUT2D eigenvalue weighted by Crippen LogP contribution is 2.18. The molecule has 0 unspecified atom stereocenters. The number of aromatic nitrogens is 2. The van der Waals surface area contributed by atoms with Crippen LogP contribution in [0.3, 0.4) is 0 Å². The molecule has 1 amide bonds. The number of benzene rings is 1. The predicted molar refractivity (Wildman–Crippen MR) is 95.3 cm³/mol. The number of rotatable bonds is 4. The van der Waals surface area contributed by atoms with Crippen LogP contribution in [0.5, 0.6) is 0 Å². The lowest BCUT2D eigenvalue weighted by atomic mass is 10.1. The van der Waals surface area contributed by atoms with Gasteiger partial charge in [-0.15, -0.1) is 0 Å². The van der Waals surface area contributed by atoms with Crippen LogP contribution in [0.4, 0.5) is 0 Å². The Hall–Kier alpha value is -2.14. The van der Waals surface area contributed by atoms with Gasteiger partial charge in [0.25, 0.3) is 5.91 Å². The zero-order valence-electron chi connectivity index (χ0n) is 14.8. The number of amides is 1. The van der Waals surface area contributed by atoms with Crippen molar-refractivity contribution in [2.45, 2.75) is 27.3 Å². The first kappa shape index (κ1) is 16.7. The molecule has 0 atom stereocenters. The van der Waals surface area contributed by atoms with Crippen molar-refractivity contribution in [3.63, 3.8) is 0 Å². The molecule has 0 N–H and O–H groups in total. The maximum atomic E-state index is 13.0. The van der Waals surface area contributed by atoms with E-state index in [2.05, 4.69) is 29.1 Å². The number of nitrogens with zero attached hydrogens (tertiary/aromatic N) is 4. The molecule has 1 aromatic heterocycles. The first-order valence-electron chi connectivity index (χ1n) is 8.69. The Labute approximate surface area is 143 Å². The molecule has 5 nitrogen and oxygen atoms in total. The molecular weight excluding hydrogens is 300 g/mol. The summed E-state index contributed by atoms with van der Waals surface area (Å²) in [5, 5.41) is 4.61. The fourth-order valence-electron chi connectivity index (χ4n) is 3.34. The van der Waals surface area contributed by atoms with Crippen LogP contribution in [0.25, 0.3) is 0 Å². The van der Waals surface area contributed by atoms with Gasteiger partial charge < -0.3 is 9.80 Å². The van der Waals surface area contributed by atoms with Crippen molar-refractivity contribution < 1.29 is 4.79 Å². The van der Waals surface area contributed by atoms with Gasteiger partial charge in [0.15, 0.2) is 0 Å². The van der Waals surface area contributed by atoms with Crippen molar-refractivity contribution in [1.82, 2.24) is 19.6 Å². The van der Waals surface area contributed by atoms with Gasteiger partial charge >= 0.3 is 0 Å². The summed E-state index contributed by atoms with van der Waals surface area (Å²) < 4.78 is 1.94. The van der Waals surface area contributed by atoms with Gasteiger partial charge in [-0.05, 0) is 26.0 Å². The molecule has 2 aromatic rings. The number of carbonyl (C=O) groups excluding carboxylic acids is 1. The number of aryl methyl sites for hydroxylation is 1. The van der Waals surface area contributed by atoms with E-state index in [1.165, 1.54) is 5.56 Å². The molecule has 0 spiro atoms. The molecule has 0 saturated carbocycles. The highest BCUT2D eigenvalue weighted by Gasteiger charge is 2.26. The molecule has 5 heteroatoms. The Balaban J connectivity index is 1.77. The maximum Gasteiger partial charge on any atom is 0.257 e. The molecule has 1 fully saturated rings. The van der Waals surface area contributed by atoms with E-state index in [4.69, 9.17) is 0 Å². The van der Waals surface area contributed by atoms with Crippen molar-refractivity contribution in [1.29, 1.82) is 0 Å². The SMILES string of the molecule is CCN1CCN(C(=O)c2c(C)nn(Cc3ccccc3)c2C)CC1. The molecule has 1 aliphatic heterocycles. The average molecular weight is 326 g/mol. The molecule has 1 aromatic carbocycles. The molecule has 0 radical (unpaired) electrons. The van der Waals surface area contributed by atoms with Crippen LogP contribution >= 0.6 is 0 Å². The molecule has 3 rings (SSSR count). The van der Waals surface area contributed by atoms with E-state index in [0.29, 0.717) is 6.54 Å². The largest absolute Gasteiger partial charge is 0.336 e. The Bertz CT molecular complexity index is 700. The molecule has 1 aliphatic rings. The molecule has 2 heterocycles. The van der Waals surface area contributed by atoms with E-state index in [1.807, 2.05) is 41.6 Å². The number of hydrogen-bond donors (Lipinski definition) is 0. The smallest absolute Gasteiger partial charge is 0.257 e. The zero-order valence-corrected chi connectivity index (χ0v) is 14.8. The van der Waals surface area contributed by atoms with Crippen molar-refractivity contribution in [3.8, 4) is 0 Å². The third-order valence-electron chi connectivity index (χ3n) is 4.88. The summed E-state index contributed by atoms with van der Waals surface area (Å²) in [4.78, 5) is 17.3. The first-order chi connectivity index (χ1) is 11.6. The summed E-state index contributed by atoms with van der Waals surface area (Å²) in [6.07, 6.45) is 0. The van der Waals surface area contributed by atoms with Gasteiger partial charge in [-0.2, -0.15) is 5.10 Å². The Morgan fingerprint density at radius 1 is 1.08 bits per heavy atom. The molecule has 0 aliphatic carbocycles. The fourth-order valence-corrected chi connectivity index (χ4v) is 3.34. The molecule has 0 bridgehead atoms. The summed E-state index contributed by atoms with van der Waals surface area (Å²) in [6.45, 7) is 11.4. The normalized spacial score (nSPS) is 15.7. The minimum atomic E-state index is 0.125. The van der Waals surface area contributed by atoms with E-state index in [1.54, 1.807) is 0 Å². The van der Waals surface area contributed by atoms with Crippen LogP contribution in [-0.4, -0.2) is 58.2 Å². The summed E-state index contributed by atoms with van der Waals surface area (Å²) in [5.74, 6) is 0.125. The Morgan fingerprint density at radius 2 is 1.75 bits per heavy atom. The van der Waals surface area contributed by atoms with Crippen LogP contribution in [0.2, 0.25) is 0 Å². The minimum Gasteiger partial charge on any atom is -0.336 e. The van der Waals surface area contributed by atoms with Gasteiger partial charge in [0.1, 0.15) is 0 Å². The molecule has 128 valence electrons. The summed E-state index contributed by atoms with van der Waals surface area (Å²) >= 11 is 0. The topological polar surface area (TPSA) is 41.4 Å². The monoisotopic (exact) mass is 326 g/mol. The fraction of sp³-hybridized carbons (Fsp3) is 0.474. The van der Waals surface area contributed by atoms with E-state index in [0.717, 1.165) is 49.7 Å². The van der Waals surface area contributed by atoms with E-state index in [-0.39, 0.29) is 5.91 Å². The maximum absolute atomic E-state index is 13.0. The second kappa shape index (κ2) is 7.18. The Kier molecular flexibility index (Phi) is 5.00. The van der Waals surface area contributed by atoms with E-state index >= 15 is 0 Å². The van der Waals surface area contributed by atoms with Crippen LogP contribution < -0.4 is 0 Å². The second-order valence-corrected chi connectivity index (χ2v) is 6.42. The highest BCUT2D eigenvalue weighted by atomic mass is 16.2. The molecule has 1 saturated heterocycles. The first-order valence-corrected chi connectivity index (χ1v) is 8.69. The third-order valence-corrected chi connectivity index (χ3v) is 4.88. The number of hydrogen-bond acceptors (Lipinski definition) is 3. The lowest BCUT2D eigenvalue weighted by Crippen LogP contribution is -2.48. The summed E-state index contributed by atoms with van der Waals surface area (Å²) in [7, 11) is 0. The molecule has 24 heavy (non-hydrogen) atoms. The predicted octanol–water partition coefficient (Wildman–Crippen LogP) is 2.33. The van der Waals surface area contributed by atoms with Gasteiger partial charge in [-0.3, -0.25) is 9.48 Å². The lowest BCUT2D eigenvalue weighted by Gasteiger charge is -2.34. The summed E-state index contributed by atoms with van der Waals surface area (Å²) in [6, 6.07) is 10.2. The van der Waals surface area contributed by atoms with Crippen molar-refractivity contribution in [2.24, 2.45) is 0 Å². The van der Waals surface area contributed by atoms with Crippen molar-refractivity contribution in [3.05, 3.63) is 52.8 Å². The standard InChI is InChI=1S/C19H26N4O/c1-4-21-10-12-22(13-11-21)19(24)18-15(2)20-23(16(18)3)14-17-8-6-5-7-9-17/h5-9H,4,10-14H2,1-3H3. The van der Waals surface area contributed by atoms with Crippen molar-refractivity contribution >= 4 is 5.91 Å². The molecular formula is C19H26N4O. The average Bonchev–Trinajstić information content (AvgIpc) is 2.89. The van der Waals surface area contributed by atoms with Crippen LogP contribution in [-0.2, 0) is 6.54 Å². The quantitative estimate of drug-likeness (QED) is 0.866. The number of likely N-dealkylation sites (N-methyl/N-ethyl adjacent to an activating group) is 1. The zero-order chi connectivity index (χ0) is 17.1. The summed E-state index contributed by atoms with van der Waals surface area (Å²) in [5.41, 5.74) is 3.75. The van der Waals surface area contributed by atoms with Crippen LogP contribution in [0.15, 0.2) is 30.3 Å². The second-order valence-electron chi connectivity index (χ2n) is 6.42. The van der Waals surface area contributed by atoms with Crippen molar-refractivity contribution in [2.75, 3.05) is 32.7 Å². The lowest BCUT2D eigenvalue weighted by molar-refractivity contribution is 0.0642. The third kappa shape index (κ3) is 3.36. The highest BCUT2D eigenvalue weighted by molar-refractivity contribution is 5.96. The Morgan fingerprint density at radius 3 is 2.38 bits per heavy atom. The van der Waals surface area contributed by atoms with Gasteiger partial charge in [0.2, 0.25) is 0 Å². The van der Waals surface area contributed by atoms with Gasteiger partial charge in [0.05, 0.1) is 17.8 Å². The number of carbonyl (C=O) groups is 1. The van der Waals surface area contributed by atoms with Crippen LogP contribution in [0, 0.1) is 13.8 Å². The minimum absolute atomic E-state index is 0.125. The van der Waals surface area contributed by atoms with E-state index in [9.17, 15) is 4.79 Å². The van der Waals surface area contributed by atoms with Gasteiger partial charge in [0, 0.05) is 31.9 Å². The number of piperazine rings is 1. The van der Waals surface area contributed by atoms with Crippen LogP contribution in [0.1, 0.15) is 34.2 Å². The van der Waals surface area contributed by atoms with Gasteiger partial charge in [-0.1, -0.05) is 37.3 Å². The van der Waals surface area contributed by atoms with Gasteiger partial charge in [-0.25, -0.2) is 0 Å². The van der Waals surface area contributed by atoms with E-state index < -0.39 is 0 Å².